The zero-order chi connectivity index (χ0) is 14.0. The Labute approximate surface area is 116 Å². The zero-order valence-corrected chi connectivity index (χ0v) is 12.4. The van der Waals surface area contributed by atoms with Crippen molar-refractivity contribution < 1.29 is 4.39 Å². The molecule has 0 saturated carbocycles. The third-order valence-corrected chi connectivity index (χ3v) is 3.80. The molecule has 0 aliphatic carbocycles. The number of nitrogens with zero attached hydrogens (tertiary/aromatic N) is 2. The van der Waals surface area contributed by atoms with E-state index in [1.54, 1.807) is 12.3 Å². The van der Waals surface area contributed by atoms with E-state index in [1.807, 2.05) is 6.92 Å². The first-order valence-electron chi connectivity index (χ1n) is 6.19. The molecular formula is C14H18FN3S. The molecule has 0 aromatic carbocycles. The van der Waals surface area contributed by atoms with Crippen molar-refractivity contribution in [2.45, 2.75) is 39.8 Å². The number of thiazole rings is 1. The summed E-state index contributed by atoms with van der Waals surface area (Å²) in [6.45, 7) is 9.02. The van der Waals surface area contributed by atoms with Gasteiger partial charge >= 0.3 is 0 Å². The van der Waals surface area contributed by atoms with E-state index in [-0.39, 0.29) is 11.4 Å². The minimum Gasteiger partial charge on any atom is -0.307 e. The van der Waals surface area contributed by atoms with Crippen LogP contribution in [0, 0.1) is 12.7 Å². The molecule has 0 bridgehead atoms. The third-order valence-electron chi connectivity index (χ3n) is 2.63. The minimum absolute atomic E-state index is 0.0485. The number of hydrogen-bond donors (Lipinski definition) is 1. The fourth-order valence-corrected chi connectivity index (χ4v) is 2.58. The maximum absolute atomic E-state index is 13.7. The average molecular weight is 279 g/mol. The summed E-state index contributed by atoms with van der Waals surface area (Å²) in [4.78, 5) is 9.60. The van der Waals surface area contributed by atoms with E-state index >= 15 is 0 Å². The van der Waals surface area contributed by atoms with Crippen LogP contribution in [0.15, 0.2) is 18.3 Å². The summed E-state index contributed by atoms with van der Waals surface area (Å²) in [5, 5.41) is 4.05. The van der Waals surface area contributed by atoms with Crippen LogP contribution < -0.4 is 5.32 Å². The second-order valence-electron chi connectivity index (χ2n) is 5.46. The van der Waals surface area contributed by atoms with Gasteiger partial charge in [0.15, 0.2) is 5.82 Å². The highest BCUT2D eigenvalue weighted by molar-refractivity contribution is 7.15. The molecule has 0 aliphatic heterocycles. The molecule has 0 fully saturated rings. The van der Waals surface area contributed by atoms with Crippen LogP contribution in [0.1, 0.15) is 31.3 Å². The third kappa shape index (κ3) is 3.58. The maximum Gasteiger partial charge on any atom is 0.151 e. The molecule has 5 heteroatoms. The Balaban J connectivity index is 2.24. The number of hydrogen-bond acceptors (Lipinski definition) is 4. The van der Waals surface area contributed by atoms with Crippen molar-refractivity contribution in [3.63, 3.8) is 0 Å². The summed E-state index contributed by atoms with van der Waals surface area (Å²) >= 11 is 1.49. The number of aromatic nitrogens is 2. The van der Waals surface area contributed by atoms with Crippen molar-refractivity contribution >= 4 is 11.3 Å². The van der Waals surface area contributed by atoms with Gasteiger partial charge in [0, 0.05) is 23.2 Å². The van der Waals surface area contributed by atoms with Gasteiger partial charge in [-0.1, -0.05) is 0 Å². The number of pyridine rings is 1. The van der Waals surface area contributed by atoms with Crippen LogP contribution in [-0.4, -0.2) is 15.5 Å². The Hall–Kier alpha value is -1.33. The Kier molecular flexibility index (Phi) is 3.96. The summed E-state index contributed by atoms with van der Waals surface area (Å²) in [5.74, 6) is -0.327. The molecule has 3 nitrogen and oxygen atoms in total. The fraction of sp³-hybridized carbons (Fsp3) is 0.429. The van der Waals surface area contributed by atoms with E-state index in [0.717, 1.165) is 17.1 Å². The maximum atomic E-state index is 13.7. The van der Waals surface area contributed by atoms with Crippen molar-refractivity contribution in [3.8, 4) is 10.7 Å². The van der Waals surface area contributed by atoms with Crippen LogP contribution in [0.3, 0.4) is 0 Å². The van der Waals surface area contributed by atoms with Gasteiger partial charge in [-0.2, -0.15) is 0 Å². The van der Waals surface area contributed by atoms with Crippen LogP contribution in [0.4, 0.5) is 4.39 Å². The number of nitrogens with one attached hydrogen (secondary N) is 1. The van der Waals surface area contributed by atoms with Crippen molar-refractivity contribution in [2.75, 3.05) is 0 Å². The van der Waals surface area contributed by atoms with Crippen LogP contribution in [0.25, 0.3) is 10.7 Å². The van der Waals surface area contributed by atoms with E-state index in [1.165, 1.54) is 17.4 Å². The Bertz CT molecular complexity index is 572. The van der Waals surface area contributed by atoms with Crippen molar-refractivity contribution in [1.29, 1.82) is 0 Å². The van der Waals surface area contributed by atoms with Crippen LogP contribution in [0.5, 0.6) is 0 Å². The average Bonchev–Trinajstić information content (AvgIpc) is 2.68. The number of rotatable bonds is 3. The molecule has 0 aliphatic rings. The first-order valence-corrected chi connectivity index (χ1v) is 7.01. The lowest BCUT2D eigenvalue weighted by molar-refractivity contribution is 0.425. The second-order valence-corrected chi connectivity index (χ2v) is 6.55. The minimum atomic E-state index is -0.327. The van der Waals surface area contributed by atoms with Crippen molar-refractivity contribution in [2.24, 2.45) is 0 Å². The zero-order valence-electron chi connectivity index (χ0n) is 11.6. The molecule has 0 saturated heterocycles. The lowest BCUT2D eigenvalue weighted by atomic mass is 10.1. The first kappa shape index (κ1) is 14.1. The molecule has 2 heterocycles. The smallest absolute Gasteiger partial charge is 0.151 e. The van der Waals surface area contributed by atoms with Crippen LogP contribution in [0.2, 0.25) is 0 Å². The SMILES string of the molecule is Cc1nc(-c2ncccc2F)sc1CNC(C)(C)C. The second kappa shape index (κ2) is 5.35. The lowest BCUT2D eigenvalue weighted by Crippen LogP contribution is -2.34. The lowest BCUT2D eigenvalue weighted by Gasteiger charge is -2.19. The molecule has 2 rings (SSSR count). The van der Waals surface area contributed by atoms with Gasteiger partial charge in [0.05, 0.1) is 5.69 Å². The molecule has 19 heavy (non-hydrogen) atoms. The van der Waals surface area contributed by atoms with E-state index in [2.05, 4.69) is 36.1 Å². The standard InChI is InChI=1S/C14H18FN3S/c1-9-11(8-17-14(2,3)4)19-13(18-9)12-10(15)6-5-7-16-12/h5-7,17H,8H2,1-4H3. The highest BCUT2D eigenvalue weighted by Crippen LogP contribution is 2.28. The molecule has 0 spiro atoms. The summed E-state index contributed by atoms with van der Waals surface area (Å²) in [6, 6.07) is 2.99. The van der Waals surface area contributed by atoms with Crippen molar-refractivity contribution in [3.05, 3.63) is 34.7 Å². The Morgan fingerprint density at radius 2 is 2.11 bits per heavy atom. The van der Waals surface area contributed by atoms with Gasteiger partial charge in [-0.15, -0.1) is 11.3 Å². The topological polar surface area (TPSA) is 37.8 Å². The highest BCUT2D eigenvalue weighted by atomic mass is 32.1. The summed E-state index contributed by atoms with van der Waals surface area (Å²) in [5.41, 5.74) is 1.31. The summed E-state index contributed by atoms with van der Waals surface area (Å²) in [6.07, 6.45) is 1.59. The number of halogens is 1. The molecule has 102 valence electrons. The van der Waals surface area contributed by atoms with E-state index < -0.39 is 0 Å². The molecular weight excluding hydrogens is 261 g/mol. The van der Waals surface area contributed by atoms with Gasteiger partial charge in [-0.25, -0.2) is 9.37 Å². The monoisotopic (exact) mass is 279 g/mol. The molecule has 1 N–H and O–H groups in total. The molecule has 0 atom stereocenters. The van der Waals surface area contributed by atoms with Crippen molar-refractivity contribution in [1.82, 2.24) is 15.3 Å². The molecule has 2 aromatic rings. The Morgan fingerprint density at radius 3 is 2.74 bits per heavy atom. The van der Waals surface area contributed by atoms with E-state index in [9.17, 15) is 4.39 Å². The van der Waals surface area contributed by atoms with Gasteiger partial charge in [0.1, 0.15) is 10.7 Å². The summed E-state index contributed by atoms with van der Waals surface area (Å²) < 4.78 is 13.7. The fourth-order valence-electron chi connectivity index (χ4n) is 1.58. The predicted molar refractivity (Wildman–Crippen MR) is 76.6 cm³/mol. The van der Waals surface area contributed by atoms with Gasteiger partial charge in [-0.05, 0) is 39.8 Å². The molecule has 0 radical (unpaired) electrons. The highest BCUT2D eigenvalue weighted by Gasteiger charge is 2.15. The van der Waals surface area contributed by atoms with Crippen LogP contribution in [-0.2, 0) is 6.54 Å². The van der Waals surface area contributed by atoms with Gasteiger partial charge < -0.3 is 5.32 Å². The first-order chi connectivity index (χ1) is 8.87. The van der Waals surface area contributed by atoms with Gasteiger partial charge in [-0.3, -0.25) is 4.98 Å². The molecule has 0 unspecified atom stereocenters. The normalized spacial score (nSPS) is 11.8. The molecule has 0 amide bonds. The largest absolute Gasteiger partial charge is 0.307 e. The van der Waals surface area contributed by atoms with E-state index in [0.29, 0.717) is 10.7 Å². The number of aryl methyl sites for hydroxylation is 1. The summed E-state index contributed by atoms with van der Waals surface area (Å²) in [7, 11) is 0. The Morgan fingerprint density at radius 1 is 1.37 bits per heavy atom. The quantitative estimate of drug-likeness (QED) is 0.934. The van der Waals surface area contributed by atoms with Gasteiger partial charge in [0.25, 0.3) is 0 Å². The predicted octanol–water partition coefficient (Wildman–Crippen LogP) is 3.54. The van der Waals surface area contributed by atoms with E-state index in [4.69, 9.17) is 0 Å². The molecule has 2 aromatic heterocycles. The van der Waals surface area contributed by atoms with Gasteiger partial charge in [0.2, 0.25) is 0 Å². The van der Waals surface area contributed by atoms with Crippen LogP contribution >= 0.6 is 11.3 Å².